The van der Waals surface area contributed by atoms with Crippen LogP contribution in [0.25, 0.3) is 0 Å². The van der Waals surface area contributed by atoms with E-state index in [1.54, 1.807) is 4.90 Å². The maximum Gasteiger partial charge on any atom is 0.236 e. The number of carbonyl (C=O) groups excluding carboxylic acids is 1. The lowest BCUT2D eigenvalue weighted by Gasteiger charge is -2.14. The first-order valence-electron chi connectivity index (χ1n) is 5.00. The summed E-state index contributed by atoms with van der Waals surface area (Å²) in [5.41, 5.74) is 0. The summed E-state index contributed by atoms with van der Waals surface area (Å²) in [4.78, 5) is 13.1. The van der Waals surface area contributed by atoms with E-state index in [0.29, 0.717) is 5.92 Å². The molecule has 0 aromatic carbocycles. The first-order valence-corrected chi connectivity index (χ1v) is 5.00. The van der Waals surface area contributed by atoms with Gasteiger partial charge in [0.05, 0.1) is 12.7 Å². The van der Waals surface area contributed by atoms with E-state index in [0.717, 1.165) is 32.7 Å². The van der Waals surface area contributed by atoms with Crippen molar-refractivity contribution in [2.75, 3.05) is 26.3 Å². The minimum atomic E-state index is -0.0495. The van der Waals surface area contributed by atoms with Gasteiger partial charge in [-0.25, -0.2) is 0 Å². The second-order valence-corrected chi connectivity index (χ2v) is 3.49. The van der Waals surface area contributed by atoms with Crippen molar-refractivity contribution in [3.8, 4) is 6.07 Å². The van der Waals surface area contributed by atoms with E-state index >= 15 is 0 Å². The summed E-state index contributed by atoms with van der Waals surface area (Å²) in [6.45, 7) is 4.95. The van der Waals surface area contributed by atoms with Crippen molar-refractivity contribution in [1.82, 2.24) is 4.90 Å². The first kappa shape index (κ1) is 11.0. The van der Waals surface area contributed by atoms with Crippen LogP contribution in [0.15, 0.2) is 0 Å². The fourth-order valence-corrected chi connectivity index (χ4v) is 1.66. The normalized spacial score (nSPS) is 20.9. The molecule has 0 radical (unpaired) electrons. The molecule has 1 saturated heterocycles. The molecule has 0 aliphatic carbocycles. The minimum Gasteiger partial charge on any atom is -0.381 e. The van der Waals surface area contributed by atoms with Gasteiger partial charge in [0.1, 0.15) is 6.42 Å². The van der Waals surface area contributed by atoms with Gasteiger partial charge < -0.3 is 9.64 Å². The van der Waals surface area contributed by atoms with Gasteiger partial charge in [0.15, 0.2) is 0 Å². The summed E-state index contributed by atoms with van der Waals surface area (Å²) in [6, 6.07) is 1.88. The third-order valence-corrected chi connectivity index (χ3v) is 2.43. The standard InChI is InChI=1S/C10H16N2O2/c1-2-14-8-9-4-6-12(7-9)10(13)3-5-11/h9H,2-4,6-8H2,1H3/t9-/m0/s1. The Morgan fingerprint density at radius 2 is 2.50 bits per heavy atom. The number of hydrogen-bond donors (Lipinski definition) is 0. The number of nitrogens with zero attached hydrogens (tertiary/aromatic N) is 2. The molecular weight excluding hydrogens is 180 g/mol. The van der Waals surface area contributed by atoms with Crippen molar-refractivity contribution in [3.05, 3.63) is 0 Å². The van der Waals surface area contributed by atoms with Crippen molar-refractivity contribution >= 4 is 5.91 Å². The fraction of sp³-hybridized carbons (Fsp3) is 0.800. The Kier molecular flexibility index (Phi) is 4.41. The highest BCUT2D eigenvalue weighted by Gasteiger charge is 2.25. The second kappa shape index (κ2) is 5.61. The van der Waals surface area contributed by atoms with Gasteiger partial charge in [0.25, 0.3) is 0 Å². The van der Waals surface area contributed by atoms with Crippen LogP contribution in [0.1, 0.15) is 19.8 Å². The van der Waals surface area contributed by atoms with Crippen LogP contribution in [0.2, 0.25) is 0 Å². The molecule has 0 aromatic rings. The minimum absolute atomic E-state index is 0.00134. The van der Waals surface area contributed by atoms with Crippen molar-refractivity contribution in [2.24, 2.45) is 5.92 Å². The fourth-order valence-electron chi connectivity index (χ4n) is 1.66. The zero-order valence-electron chi connectivity index (χ0n) is 8.53. The number of likely N-dealkylation sites (tertiary alicyclic amines) is 1. The van der Waals surface area contributed by atoms with Crippen LogP contribution in [0.3, 0.4) is 0 Å². The summed E-state index contributed by atoms with van der Waals surface area (Å²) in [6.07, 6.45) is 0.999. The smallest absolute Gasteiger partial charge is 0.236 e. The third kappa shape index (κ3) is 3.00. The highest BCUT2D eigenvalue weighted by Crippen LogP contribution is 2.17. The van der Waals surface area contributed by atoms with Crippen LogP contribution in [-0.2, 0) is 9.53 Å². The van der Waals surface area contributed by atoms with E-state index in [2.05, 4.69) is 0 Å². The molecule has 14 heavy (non-hydrogen) atoms. The molecule has 0 unspecified atom stereocenters. The number of rotatable bonds is 4. The molecule has 1 amide bonds. The lowest BCUT2D eigenvalue weighted by atomic mass is 10.1. The predicted molar refractivity (Wildman–Crippen MR) is 51.4 cm³/mol. The molecule has 0 spiro atoms. The SMILES string of the molecule is CCOC[C@H]1CCN(C(=O)CC#N)C1. The van der Waals surface area contributed by atoms with Crippen LogP contribution < -0.4 is 0 Å². The zero-order valence-corrected chi connectivity index (χ0v) is 8.53. The van der Waals surface area contributed by atoms with Crippen LogP contribution >= 0.6 is 0 Å². The van der Waals surface area contributed by atoms with Crippen molar-refractivity contribution in [3.63, 3.8) is 0 Å². The average molecular weight is 196 g/mol. The lowest BCUT2D eigenvalue weighted by molar-refractivity contribution is -0.129. The van der Waals surface area contributed by atoms with Gasteiger partial charge >= 0.3 is 0 Å². The van der Waals surface area contributed by atoms with Gasteiger partial charge in [-0.1, -0.05) is 0 Å². The Bertz CT molecular complexity index is 235. The molecule has 1 atom stereocenters. The number of hydrogen-bond acceptors (Lipinski definition) is 3. The quantitative estimate of drug-likeness (QED) is 0.667. The van der Waals surface area contributed by atoms with Gasteiger partial charge in [-0.15, -0.1) is 0 Å². The molecular formula is C10H16N2O2. The maximum absolute atomic E-state index is 11.3. The number of carbonyl (C=O) groups is 1. The molecule has 4 heteroatoms. The van der Waals surface area contributed by atoms with E-state index in [9.17, 15) is 4.79 Å². The molecule has 4 nitrogen and oxygen atoms in total. The van der Waals surface area contributed by atoms with Gasteiger partial charge in [0.2, 0.25) is 5.91 Å². The molecule has 0 saturated carbocycles. The molecule has 0 bridgehead atoms. The summed E-state index contributed by atoms with van der Waals surface area (Å²) < 4.78 is 5.30. The van der Waals surface area contributed by atoms with E-state index in [1.807, 2.05) is 13.0 Å². The Morgan fingerprint density at radius 3 is 3.14 bits per heavy atom. The maximum atomic E-state index is 11.3. The molecule has 1 fully saturated rings. The third-order valence-electron chi connectivity index (χ3n) is 2.43. The zero-order chi connectivity index (χ0) is 10.4. The van der Waals surface area contributed by atoms with Crippen LogP contribution in [0.5, 0.6) is 0 Å². The number of nitriles is 1. The van der Waals surface area contributed by atoms with Crippen molar-refractivity contribution in [2.45, 2.75) is 19.8 Å². The van der Waals surface area contributed by atoms with Gasteiger partial charge in [-0.3, -0.25) is 4.79 Å². The van der Waals surface area contributed by atoms with Crippen molar-refractivity contribution < 1.29 is 9.53 Å². The van der Waals surface area contributed by atoms with Gasteiger partial charge in [-0.05, 0) is 13.3 Å². The summed E-state index contributed by atoms with van der Waals surface area (Å²) >= 11 is 0. The highest BCUT2D eigenvalue weighted by atomic mass is 16.5. The van der Waals surface area contributed by atoms with Crippen LogP contribution in [0.4, 0.5) is 0 Å². The number of amides is 1. The Labute approximate surface area is 84.4 Å². The van der Waals surface area contributed by atoms with Crippen molar-refractivity contribution in [1.29, 1.82) is 5.26 Å². The Morgan fingerprint density at radius 1 is 1.71 bits per heavy atom. The molecule has 1 heterocycles. The molecule has 78 valence electrons. The molecule has 0 N–H and O–H groups in total. The summed E-state index contributed by atoms with van der Waals surface area (Å²) in [5, 5.41) is 8.38. The molecule has 1 rings (SSSR count). The molecule has 1 aliphatic rings. The topological polar surface area (TPSA) is 53.3 Å². The number of ether oxygens (including phenoxy) is 1. The van der Waals surface area contributed by atoms with Gasteiger partial charge in [0, 0.05) is 25.6 Å². The molecule has 0 aromatic heterocycles. The first-order chi connectivity index (χ1) is 6.77. The summed E-state index contributed by atoms with van der Waals surface area (Å²) in [7, 11) is 0. The lowest BCUT2D eigenvalue weighted by Crippen LogP contribution is -2.28. The second-order valence-electron chi connectivity index (χ2n) is 3.49. The molecule has 1 aliphatic heterocycles. The van der Waals surface area contributed by atoms with E-state index in [1.165, 1.54) is 0 Å². The largest absolute Gasteiger partial charge is 0.381 e. The van der Waals surface area contributed by atoms with Gasteiger partial charge in [-0.2, -0.15) is 5.26 Å². The predicted octanol–water partition coefficient (Wildman–Crippen LogP) is 0.785. The van der Waals surface area contributed by atoms with E-state index < -0.39 is 0 Å². The van der Waals surface area contributed by atoms with Crippen LogP contribution in [-0.4, -0.2) is 37.1 Å². The highest BCUT2D eigenvalue weighted by molar-refractivity contribution is 5.78. The van der Waals surface area contributed by atoms with E-state index in [-0.39, 0.29) is 12.3 Å². The Hall–Kier alpha value is -1.08. The van der Waals surface area contributed by atoms with E-state index in [4.69, 9.17) is 10.00 Å². The van der Waals surface area contributed by atoms with Crippen LogP contribution in [0, 0.1) is 17.2 Å². The summed E-state index contributed by atoms with van der Waals surface area (Å²) in [5.74, 6) is 0.407. The Balaban J connectivity index is 2.27. The average Bonchev–Trinajstić information content (AvgIpc) is 2.63. The monoisotopic (exact) mass is 196 g/mol.